The summed E-state index contributed by atoms with van der Waals surface area (Å²) in [4.78, 5) is 20.5. The second-order valence-corrected chi connectivity index (χ2v) is 7.31. The lowest BCUT2D eigenvalue weighted by Crippen LogP contribution is -2.43. The highest BCUT2D eigenvalue weighted by Gasteiger charge is 2.24. The number of benzene rings is 1. The van der Waals surface area contributed by atoms with E-state index in [1.165, 1.54) is 0 Å². The van der Waals surface area contributed by atoms with Crippen LogP contribution in [0, 0.1) is 5.82 Å². The quantitative estimate of drug-likeness (QED) is 0.527. The van der Waals surface area contributed by atoms with Crippen molar-refractivity contribution >= 4 is 34.1 Å². The van der Waals surface area contributed by atoms with Crippen LogP contribution in [0.3, 0.4) is 0 Å². The van der Waals surface area contributed by atoms with Crippen LogP contribution in [0.2, 0.25) is 0 Å². The van der Waals surface area contributed by atoms with Crippen LogP contribution in [-0.2, 0) is 0 Å². The Kier molecular flexibility index (Phi) is 5.26. The molecule has 2 heterocycles. The monoisotopic (exact) mass is 394 g/mol. The molecule has 1 fully saturated rings. The zero-order valence-corrected chi connectivity index (χ0v) is 15.9. The number of halogens is 1. The summed E-state index contributed by atoms with van der Waals surface area (Å²) in [5, 5.41) is 7.11. The van der Waals surface area contributed by atoms with Crippen LogP contribution >= 0.6 is 0 Å². The summed E-state index contributed by atoms with van der Waals surface area (Å²) in [6.07, 6.45) is 5.55. The summed E-state index contributed by atoms with van der Waals surface area (Å²) in [7, 11) is 0. The minimum Gasteiger partial charge on any atom is -0.365 e. The van der Waals surface area contributed by atoms with Gasteiger partial charge in [0, 0.05) is 29.4 Å². The molecule has 29 heavy (non-hydrogen) atoms. The van der Waals surface area contributed by atoms with Crippen molar-refractivity contribution in [2.24, 2.45) is 11.5 Å². The molecule has 150 valence electrons. The van der Waals surface area contributed by atoms with Crippen LogP contribution < -0.4 is 22.1 Å². The Morgan fingerprint density at radius 1 is 1.14 bits per heavy atom. The fourth-order valence-corrected chi connectivity index (χ4v) is 3.68. The maximum Gasteiger partial charge on any atom is 0.252 e. The Hall–Kier alpha value is -3.26. The number of pyridine rings is 2. The van der Waals surface area contributed by atoms with Gasteiger partial charge in [0.25, 0.3) is 5.91 Å². The topological polar surface area (TPSA) is 119 Å². The molecule has 2 aromatic heterocycles. The van der Waals surface area contributed by atoms with Crippen molar-refractivity contribution in [3.8, 4) is 0 Å². The third kappa shape index (κ3) is 4.12. The fourth-order valence-electron chi connectivity index (χ4n) is 3.68. The molecular weight excluding hydrogens is 371 g/mol. The number of carbonyl (C=O) groups excluding carboxylic acids is 1. The Balaban J connectivity index is 1.67. The number of aromatic nitrogens is 2. The van der Waals surface area contributed by atoms with Gasteiger partial charge in [-0.3, -0.25) is 9.78 Å². The van der Waals surface area contributed by atoms with Crippen LogP contribution in [0.1, 0.15) is 36.0 Å². The summed E-state index contributed by atoms with van der Waals surface area (Å²) in [5.74, 6) is -1.15. The van der Waals surface area contributed by atoms with Crippen LogP contribution in [0.5, 0.6) is 0 Å². The molecule has 0 saturated heterocycles. The van der Waals surface area contributed by atoms with Gasteiger partial charge >= 0.3 is 0 Å². The summed E-state index contributed by atoms with van der Waals surface area (Å²) in [5.41, 5.74) is 13.1. The number of primary amides is 1. The van der Waals surface area contributed by atoms with Gasteiger partial charge in [-0.25, -0.2) is 9.37 Å². The first kappa shape index (κ1) is 19.1. The van der Waals surface area contributed by atoms with Crippen molar-refractivity contribution in [3.63, 3.8) is 0 Å². The molecule has 1 saturated carbocycles. The van der Waals surface area contributed by atoms with Crippen LogP contribution in [0.15, 0.2) is 42.6 Å². The summed E-state index contributed by atoms with van der Waals surface area (Å²) in [6, 6.07) is 10.3. The molecule has 1 aromatic carbocycles. The lowest BCUT2D eigenvalue weighted by atomic mass is 9.91. The predicted molar refractivity (Wildman–Crippen MR) is 112 cm³/mol. The number of nitrogens with zero attached hydrogens (tertiary/aromatic N) is 2. The van der Waals surface area contributed by atoms with Crippen molar-refractivity contribution < 1.29 is 9.18 Å². The van der Waals surface area contributed by atoms with Crippen molar-refractivity contribution in [1.82, 2.24) is 9.97 Å². The molecule has 4 rings (SSSR count). The smallest absolute Gasteiger partial charge is 0.252 e. The Bertz CT molecular complexity index is 1060. The SMILES string of the molecule is NC(=O)c1cc(F)c(N[C@@H]2CCCC[C@@H]2N)nc1Nc1ccc2ncccc2c1. The standard InChI is InChI=1S/C21H23FN6O/c22-15-11-14(19(24)29)20(28-21(15)27-18-6-2-1-5-16(18)23)26-13-7-8-17-12(10-13)4-3-9-25-17/h3-4,7-11,16,18H,1-2,5-6,23H2,(H2,24,29)(H2,26,27,28)/t16-,18+/m0/s1. The van der Waals surface area contributed by atoms with E-state index in [0.29, 0.717) is 5.69 Å². The number of carbonyl (C=O) groups is 1. The minimum absolute atomic E-state index is 0.0210. The van der Waals surface area contributed by atoms with Crippen molar-refractivity contribution in [2.75, 3.05) is 10.6 Å². The molecule has 1 amide bonds. The number of anilines is 3. The molecule has 3 aromatic rings. The number of hydrogen-bond donors (Lipinski definition) is 4. The van der Waals surface area contributed by atoms with Gasteiger partial charge < -0.3 is 22.1 Å². The van der Waals surface area contributed by atoms with Crippen molar-refractivity contribution in [2.45, 2.75) is 37.8 Å². The highest BCUT2D eigenvalue weighted by molar-refractivity contribution is 5.99. The van der Waals surface area contributed by atoms with E-state index in [0.717, 1.165) is 42.7 Å². The Morgan fingerprint density at radius 3 is 2.76 bits per heavy atom. The van der Waals surface area contributed by atoms with E-state index >= 15 is 0 Å². The molecule has 8 heteroatoms. The number of nitrogens with two attached hydrogens (primary N) is 2. The van der Waals surface area contributed by atoms with E-state index in [2.05, 4.69) is 20.6 Å². The first-order chi connectivity index (χ1) is 14.0. The van der Waals surface area contributed by atoms with E-state index < -0.39 is 11.7 Å². The predicted octanol–water partition coefficient (Wildman–Crippen LogP) is 3.29. The van der Waals surface area contributed by atoms with Gasteiger partial charge in [0.15, 0.2) is 11.6 Å². The molecule has 2 atom stereocenters. The average Bonchev–Trinajstić information content (AvgIpc) is 2.71. The van der Waals surface area contributed by atoms with Gasteiger partial charge in [-0.15, -0.1) is 0 Å². The number of nitrogens with one attached hydrogen (secondary N) is 2. The van der Waals surface area contributed by atoms with Gasteiger partial charge in [0.1, 0.15) is 5.82 Å². The van der Waals surface area contributed by atoms with E-state index in [1.54, 1.807) is 6.20 Å². The Labute approximate surface area is 167 Å². The summed E-state index contributed by atoms with van der Waals surface area (Å²) >= 11 is 0. The highest BCUT2D eigenvalue weighted by atomic mass is 19.1. The second kappa shape index (κ2) is 8.00. The molecule has 1 aliphatic carbocycles. The molecule has 6 N–H and O–H groups in total. The second-order valence-electron chi connectivity index (χ2n) is 7.31. The van der Waals surface area contributed by atoms with Crippen LogP contribution in [-0.4, -0.2) is 28.0 Å². The molecule has 0 radical (unpaired) electrons. The van der Waals surface area contributed by atoms with Gasteiger partial charge in [-0.2, -0.15) is 0 Å². The summed E-state index contributed by atoms with van der Waals surface area (Å²) in [6.45, 7) is 0. The number of hydrogen-bond acceptors (Lipinski definition) is 6. The average molecular weight is 394 g/mol. The third-order valence-electron chi connectivity index (χ3n) is 5.25. The molecule has 0 bridgehead atoms. The zero-order chi connectivity index (χ0) is 20.4. The van der Waals surface area contributed by atoms with E-state index in [1.807, 2.05) is 30.3 Å². The number of amides is 1. The van der Waals surface area contributed by atoms with Crippen molar-refractivity contribution in [3.05, 3.63) is 54.0 Å². The third-order valence-corrected chi connectivity index (χ3v) is 5.25. The molecule has 0 unspecified atom stereocenters. The van der Waals surface area contributed by atoms with Crippen LogP contribution in [0.25, 0.3) is 10.9 Å². The minimum atomic E-state index is -0.762. The number of fused-ring (bicyclic) bond motifs is 1. The highest BCUT2D eigenvalue weighted by Crippen LogP contribution is 2.27. The lowest BCUT2D eigenvalue weighted by molar-refractivity contribution is 0.100. The number of rotatable bonds is 5. The molecule has 1 aliphatic rings. The zero-order valence-electron chi connectivity index (χ0n) is 15.9. The normalized spacial score (nSPS) is 19.1. The lowest BCUT2D eigenvalue weighted by Gasteiger charge is -2.30. The molecule has 0 spiro atoms. The van der Waals surface area contributed by atoms with Gasteiger partial charge in [0.2, 0.25) is 0 Å². The van der Waals surface area contributed by atoms with E-state index in [4.69, 9.17) is 11.5 Å². The first-order valence-corrected chi connectivity index (χ1v) is 9.65. The van der Waals surface area contributed by atoms with Crippen molar-refractivity contribution in [1.29, 1.82) is 0 Å². The fraction of sp³-hybridized carbons (Fsp3) is 0.286. The van der Waals surface area contributed by atoms with Crippen LogP contribution in [0.4, 0.5) is 21.7 Å². The first-order valence-electron chi connectivity index (χ1n) is 9.65. The van der Waals surface area contributed by atoms with Gasteiger partial charge in [0.05, 0.1) is 11.1 Å². The van der Waals surface area contributed by atoms with Gasteiger partial charge in [-0.1, -0.05) is 18.9 Å². The molecular formula is C21H23FN6O. The van der Waals surface area contributed by atoms with E-state index in [-0.39, 0.29) is 29.3 Å². The largest absolute Gasteiger partial charge is 0.365 e. The van der Waals surface area contributed by atoms with E-state index in [9.17, 15) is 9.18 Å². The maximum absolute atomic E-state index is 14.6. The molecule has 0 aliphatic heterocycles. The Morgan fingerprint density at radius 2 is 1.97 bits per heavy atom. The molecule has 7 nitrogen and oxygen atoms in total. The summed E-state index contributed by atoms with van der Waals surface area (Å²) < 4.78 is 14.6. The maximum atomic E-state index is 14.6. The van der Waals surface area contributed by atoms with Gasteiger partial charge in [-0.05, 0) is 43.2 Å².